The fourth-order valence-electron chi connectivity index (χ4n) is 2.99. The molecule has 0 N–H and O–H groups in total. The zero-order chi connectivity index (χ0) is 19.4. The van der Waals surface area contributed by atoms with E-state index in [2.05, 4.69) is 15.0 Å². The SMILES string of the molecule is CCCN1CCCN(c2cc(C(F)(F)F)nc(-c3ccncc3)n2)CC1=O. The van der Waals surface area contributed by atoms with E-state index in [4.69, 9.17) is 0 Å². The molecule has 0 spiro atoms. The van der Waals surface area contributed by atoms with Gasteiger partial charge in [-0.2, -0.15) is 13.2 Å². The number of anilines is 1. The van der Waals surface area contributed by atoms with Gasteiger partial charge in [0.1, 0.15) is 5.82 Å². The van der Waals surface area contributed by atoms with Crippen LogP contribution in [0.2, 0.25) is 0 Å². The third-order valence-electron chi connectivity index (χ3n) is 4.29. The molecule has 0 bridgehead atoms. The lowest BCUT2D eigenvalue weighted by Crippen LogP contribution is -2.37. The van der Waals surface area contributed by atoms with Gasteiger partial charge in [-0.05, 0) is 25.0 Å². The molecule has 1 saturated heterocycles. The predicted molar refractivity (Wildman–Crippen MR) is 94.0 cm³/mol. The molecular formula is C18H20F3N5O. The van der Waals surface area contributed by atoms with Crippen molar-refractivity contribution in [3.8, 4) is 11.4 Å². The van der Waals surface area contributed by atoms with E-state index >= 15 is 0 Å². The summed E-state index contributed by atoms with van der Waals surface area (Å²) in [5, 5.41) is 0. The highest BCUT2D eigenvalue weighted by Gasteiger charge is 2.35. The minimum absolute atomic E-state index is 0.00406. The van der Waals surface area contributed by atoms with Gasteiger partial charge in [-0.3, -0.25) is 9.78 Å². The van der Waals surface area contributed by atoms with Crippen LogP contribution in [0.3, 0.4) is 0 Å². The molecule has 2 aromatic heterocycles. The van der Waals surface area contributed by atoms with Gasteiger partial charge in [0.2, 0.25) is 5.91 Å². The summed E-state index contributed by atoms with van der Waals surface area (Å²) in [6.07, 6.45) is -0.164. The zero-order valence-corrected chi connectivity index (χ0v) is 14.9. The van der Waals surface area contributed by atoms with E-state index in [0.717, 1.165) is 12.5 Å². The molecule has 6 nitrogen and oxygen atoms in total. The number of halogens is 3. The summed E-state index contributed by atoms with van der Waals surface area (Å²) in [7, 11) is 0. The molecule has 0 saturated carbocycles. The first-order chi connectivity index (χ1) is 12.9. The van der Waals surface area contributed by atoms with Crippen LogP contribution in [0.25, 0.3) is 11.4 Å². The Bertz CT molecular complexity index is 797. The molecule has 9 heteroatoms. The van der Waals surface area contributed by atoms with Crippen molar-refractivity contribution in [3.63, 3.8) is 0 Å². The van der Waals surface area contributed by atoms with Crippen LogP contribution < -0.4 is 4.90 Å². The highest BCUT2D eigenvalue weighted by atomic mass is 19.4. The van der Waals surface area contributed by atoms with Crippen molar-refractivity contribution in [1.82, 2.24) is 19.9 Å². The number of carbonyl (C=O) groups excluding carboxylic acids is 1. The summed E-state index contributed by atoms with van der Waals surface area (Å²) >= 11 is 0. The average Bonchev–Trinajstić information content (AvgIpc) is 2.83. The molecule has 0 unspecified atom stereocenters. The van der Waals surface area contributed by atoms with Gasteiger partial charge in [0.15, 0.2) is 11.5 Å². The maximum Gasteiger partial charge on any atom is 0.433 e. The molecule has 2 aromatic rings. The number of amides is 1. The fourth-order valence-corrected chi connectivity index (χ4v) is 2.99. The van der Waals surface area contributed by atoms with Crippen LogP contribution in [0.4, 0.5) is 19.0 Å². The number of carbonyl (C=O) groups is 1. The summed E-state index contributed by atoms with van der Waals surface area (Å²) in [5.74, 6) is -0.0350. The van der Waals surface area contributed by atoms with Crippen LogP contribution >= 0.6 is 0 Å². The monoisotopic (exact) mass is 379 g/mol. The van der Waals surface area contributed by atoms with Gasteiger partial charge in [-0.25, -0.2) is 9.97 Å². The van der Waals surface area contributed by atoms with Crippen LogP contribution in [0.1, 0.15) is 25.5 Å². The quantitative estimate of drug-likeness (QED) is 0.817. The lowest BCUT2D eigenvalue weighted by molar-refractivity contribution is -0.141. The number of hydrogen-bond acceptors (Lipinski definition) is 5. The molecular weight excluding hydrogens is 359 g/mol. The highest BCUT2D eigenvalue weighted by Crippen LogP contribution is 2.32. The Hall–Kier alpha value is -2.71. The van der Waals surface area contributed by atoms with Crippen molar-refractivity contribution in [2.75, 3.05) is 31.1 Å². The van der Waals surface area contributed by atoms with E-state index in [1.165, 1.54) is 12.4 Å². The smallest absolute Gasteiger partial charge is 0.347 e. The molecule has 3 rings (SSSR count). The van der Waals surface area contributed by atoms with E-state index in [9.17, 15) is 18.0 Å². The Balaban J connectivity index is 1.98. The first-order valence-corrected chi connectivity index (χ1v) is 8.78. The fraction of sp³-hybridized carbons (Fsp3) is 0.444. The number of alkyl halides is 3. The maximum absolute atomic E-state index is 13.4. The molecule has 1 aliphatic rings. The molecule has 27 heavy (non-hydrogen) atoms. The second-order valence-electron chi connectivity index (χ2n) is 6.32. The second-order valence-corrected chi connectivity index (χ2v) is 6.32. The van der Waals surface area contributed by atoms with Gasteiger partial charge in [0.05, 0.1) is 6.54 Å². The van der Waals surface area contributed by atoms with Crippen molar-refractivity contribution >= 4 is 11.7 Å². The summed E-state index contributed by atoms with van der Waals surface area (Å²) in [6, 6.07) is 4.01. The topological polar surface area (TPSA) is 62.2 Å². The summed E-state index contributed by atoms with van der Waals surface area (Å²) in [5.41, 5.74) is -0.590. The van der Waals surface area contributed by atoms with Crippen molar-refractivity contribution in [2.24, 2.45) is 0 Å². The molecule has 1 amide bonds. The van der Waals surface area contributed by atoms with E-state index < -0.39 is 11.9 Å². The number of aromatic nitrogens is 3. The minimum Gasteiger partial charge on any atom is -0.347 e. The van der Waals surface area contributed by atoms with Gasteiger partial charge in [-0.15, -0.1) is 0 Å². The molecule has 144 valence electrons. The molecule has 0 atom stereocenters. The van der Waals surface area contributed by atoms with E-state index in [1.54, 1.807) is 21.9 Å². The molecule has 3 heterocycles. The Morgan fingerprint density at radius 2 is 1.89 bits per heavy atom. The largest absolute Gasteiger partial charge is 0.433 e. The third-order valence-corrected chi connectivity index (χ3v) is 4.29. The van der Waals surface area contributed by atoms with Crippen LogP contribution in [0.5, 0.6) is 0 Å². The number of nitrogens with zero attached hydrogens (tertiary/aromatic N) is 5. The Labute approximate surface area is 155 Å². The molecule has 1 aliphatic heterocycles. The van der Waals surface area contributed by atoms with Crippen molar-refractivity contribution in [1.29, 1.82) is 0 Å². The van der Waals surface area contributed by atoms with E-state index in [1.807, 2.05) is 6.92 Å². The number of rotatable bonds is 4. The van der Waals surface area contributed by atoms with Gasteiger partial charge >= 0.3 is 6.18 Å². The van der Waals surface area contributed by atoms with Crippen LogP contribution in [0, 0.1) is 0 Å². The average molecular weight is 379 g/mol. The van der Waals surface area contributed by atoms with Crippen molar-refractivity contribution < 1.29 is 18.0 Å². The molecule has 1 fully saturated rings. The lowest BCUT2D eigenvalue weighted by atomic mass is 10.2. The summed E-state index contributed by atoms with van der Waals surface area (Å²) in [6.45, 7) is 3.68. The van der Waals surface area contributed by atoms with Gasteiger partial charge in [-0.1, -0.05) is 6.92 Å². The van der Waals surface area contributed by atoms with Gasteiger partial charge in [0.25, 0.3) is 0 Å². The van der Waals surface area contributed by atoms with Crippen LogP contribution in [-0.2, 0) is 11.0 Å². The Morgan fingerprint density at radius 3 is 2.56 bits per heavy atom. The van der Waals surface area contributed by atoms with E-state index in [-0.39, 0.29) is 24.1 Å². The standard InChI is InChI=1S/C18H20F3N5O/c1-2-8-25-9-3-10-26(12-16(25)27)15-11-14(18(19,20)21)23-17(24-15)13-4-6-22-7-5-13/h4-7,11H,2-3,8-10,12H2,1H3. The summed E-state index contributed by atoms with van der Waals surface area (Å²) < 4.78 is 40.1. The minimum atomic E-state index is -4.61. The van der Waals surface area contributed by atoms with Crippen LogP contribution in [0.15, 0.2) is 30.6 Å². The normalized spacial score (nSPS) is 15.8. The first kappa shape index (κ1) is 19.1. The third kappa shape index (κ3) is 4.53. The first-order valence-electron chi connectivity index (χ1n) is 8.78. The van der Waals surface area contributed by atoms with Crippen molar-refractivity contribution in [2.45, 2.75) is 25.9 Å². The van der Waals surface area contributed by atoms with E-state index in [0.29, 0.717) is 31.6 Å². The van der Waals surface area contributed by atoms with Crippen LogP contribution in [-0.4, -0.2) is 51.9 Å². The molecule has 0 aromatic carbocycles. The predicted octanol–water partition coefficient (Wildman–Crippen LogP) is 3.01. The van der Waals surface area contributed by atoms with Crippen molar-refractivity contribution in [3.05, 3.63) is 36.3 Å². The maximum atomic E-state index is 13.4. The Kier molecular flexibility index (Phi) is 5.57. The molecule has 0 aliphatic carbocycles. The molecule has 0 radical (unpaired) electrons. The number of pyridine rings is 1. The second kappa shape index (κ2) is 7.89. The van der Waals surface area contributed by atoms with Gasteiger partial charge < -0.3 is 9.80 Å². The Morgan fingerprint density at radius 1 is 1.15 bits per heavy atom. The zero-order valence-electron chi connectivity index (χ0n) is 14.9. The number of hydrogen-bond donors (Lipinski definition) is 0. The highest BCUT2D eigenvalue weighted by molar-refractivity contribution is 5.81. The summed E-state index contributed by atoms with van der Waals surface area (Å²) in [4.78, 5) is 27.6. The van der Waals surface area contributed by atoms with Gasteiger partial charge in [0, 0.05) is 43.7 Å². The lowest BCUT2D eigenvalue weighted by Gasteiger charge is -2.23.